The number of ether oxygens (including phenoxy) is 2. The molecule has 116 valence electrons. The van der Waals surface area contributed by atoms with Gasteiger partial charge in [-0.2, -0.15) is 0 Å². The molecule has 5 heteroatoms. The van der Waals surface area contributed by atoms with Crippen molar-refractivity contribution in [2.45, 2.75) is 76.0 Å². The summed E-state index contributed by atoms with van der Waals surface area (Å²) in [5, 5.41) is 12.2. The van der Waals surface area contributed by atoms with Crippen LogP contribution in [0.5, 0.6) is 0 Å². The van der Waals surface area contributed by atoms with Gasteiger partial charge < -0.3 is 19.9 Å². The van der Waals surface area contributed by atoms with Gasteiger partial charge in [-0.25, -0.2) is 4.79 Å². The second-order valence-electron chi connectivity index (χ2n) is 7.21. The molecular formula is C15H27NO4. The normalized spacial score (nSPS) is 33.6. The molecule has 3 rings (SSSR count). The number of hydrogen-bond acceptors (Lipinski definition) is 4. The maximum atomic E-state index is 12.0. The Labute approximate surface area is 121 Å². The predicted molar refractivity (Wildman–Crippen MR) is 75.6 cm³/mol. The highest BCUT2D eigenvalue weighted by atomic mass is 16.6. The molecule has 5 nitrogen and oxygen atoms in total. The first-order chi connectivity index (χ1) is 9.28. The van der Waals surface area contributed by atoms with Gasteiger partial charge in [0.15, 0.2) is 0 Å². The van der Waals surface area contributed by atoms with Crippen molar-refractivity contribution in [1.82, 2.24) is 5.32 Å². The summed E-state index contributed by atoms with van der Waals surface area (Å²) in [6, 6.07) is 0. The quantitative estimate of drug-likeness (QED) is 0.835. The minimum Gasteiger partial charge on any atom is -0.444 e. The Morgan fingerprint density at radius 3 is 2.60 bits per heavy atom. The zero-order valence-electron chi connectivity index (χ0n) is 12.8. The van der Waals surface area contributed by atoms with Gasteiger partial charge in [0.2, 0.25) is 0 Å². The van der Waals surface area contributed by atoms with Crippen LogP contribution in [0.1, 0.15) is 59.3 Å². The molecule has 2 aliphatic heterocycles. The summed E-state index contributed by atoms with van der Waals surface area (Å²) < 4.78 is 11.4. The molecule has 2 unspecified atom stereocenters. The third kappa shape index (κ3) is 3.64. The van der Waals surface area contributed by atoms with Crippen molar-refractivity contribution in [2.75, 3.05) is 13.2 Å². The molecule has 3 aliphatic rings. The van der Waals surface area contributed by atoms with Gasteiger partial charge in [0, 0.05) is 6.61 Å². The molecule has 0 radical (unpaired) electrons. The number of hydrogen-bond donors (Lipinski definition) is 2. The van der Waals surface area contributed by atoms with E-state index in [1.807, 2.05) is 20.8 Å². The van der Waals surface area contributed by atoms with Gasteiger partial charge in [-0.15, -0.1) is 0 Å². The van der Waals surface area contributed by atoms with E-state index >= 15 is 0 Å². The maximum absolute atomic E-state index is 12.0. The molecule has 0 spiro atoms. The highest BCUT2D eigenvalue weighted by Gasteiger charge is 2.47. The summed E-state index contributed by atoms with van der Waals surface area (Å²) in [6.07, 6.45) is 5.00. The van der Waals surface area contributed by atoms with Crippen molar-refractivity contribution < 1.29 is 19.4 Å². The lowest BCUT2D eigenvalue weighted by Crippen LogP contribution is -2.56. The van der Waals surface area contributed by atoms with Crippen molar-refractivity contribution in [2.24, 2.45) is 0 Å². The first-order valence-electron chi connectivity index (χ1n) is 7.54. The minimum atomic E-state index is -0.485. The number of rotatable bonds is 3. The number of aliphatic hydroxyl groups excluding tert-OH is 1. The van der Waals surface area contributed by atoms with Gasteiger partial charge in [-0.05, 0) is 59.3 Å². The van der Waals surface area contributed by atoms with E-state index in [2.05, 4.69) is 5.32 Å². The number of aliphatic hydroxyl groups is 1. The Morgan fingerprint density at radius 2 is 2.05 bits per heavy atom. The number of fused-ring (bicyclic) bond motifs is 4. The summed E-state index contributed by atoms with van der Waals surface area (Å²) in [6.45, 7) is 6.27. The molecule has 2 atom stereocenters. The lowest BCUT2D eigenvalue weighted by molar-refractivity contribution is -0.113. The fourth-order valence-electron chi connectivity index (χ4n) is 3.25. The van der Waals surface area contributed by atoms with Crippen LogP contribution in [-0.2, 0) is 9.47 Å². The van der Waals surface area contributed by atoms with Gasteiger partial charge in [-0.3, -0.25) is 0 Å². The van der Waals surface area contributed by atoms with Crippen LogP contribution in [0.4, 0.5) is 4.79 Å². The van der Waals surface area contributed by atoms with Crippen molar-refractivity contribution >= 4 is 6.09 Å². The summed E-state index contributed by atoms with van der Waals surface area (Å²) in [5.41, 5.74) is -0.955. The molecule has 2 bridgehead atoms. The maximum Gasteiger partial charge on any atom is 0.408 e. The molecule has 2 N–H and O–H groups in total. The van der Waals surface area contributed by atoms with E-state index in [0.717, 1.165) is 32.1 Å². The molecule has 0 aromatic carbocycles. The largest absolute Gasteiger partial charge is 0.444 e. The fourth-order valence-corrected chi connectivity index (χ4v) is 3.25. The van der Waals surface area contributed by atoms with Crippen molar-refractivity contribution in [3.8, 4) is 0 Å². The van der Waals surface area contributed by atoms with Gasteiger partial charge in [-0.1, -0.05) is 0 Å². The smallest absolute Gasteiger partial charge is 0.408 e. The van der Waals surface area contributed by atoms with Crippen LogP contribution in [0.3, 0.4) is 0 Å². The van der Waals surface area contributed by atoms with Crippen molar-refractivity contribution in [3.05, 3.63) is 0 Å². The molecule has 1 aliphatic carbocycles. The van der Waals surface area contributed by atoms with Crippen LogP contribution in [0.2, 0.25) is 0 Å². The van der Waals surface area contributed by atoms with E-state index in [1.165, 1.54) is 0 Å². The lowest BCUT2D eigenvalue weighted by atomic mass is 9.84. The Bertz CT molecular complexity index is 353. The van der Waals surface area contributed by atoms with Gasteiger partial charge >= 0.3 is 6.09 Å². The summed E-state index contributed by atoms with van der Waals surface area (Å²) in [4.78, 5) is 12.0. The first-order valence-corrected chi connectivity index (χ1v) is 7.54. The zero-order chi connectivity index (χ0) is 14.9. The third-order valence-corrected chi connectivity index (χ3v) is 4.34. The molecule has 20 heavy (non-hydrogen) atoms. The van der Waals surface area contributed by atoms with Crippen LogP contribution >= 0.6 is 0 Å². The Kier molecular flexibility index (Phi) is 4.30. The molecule has 2 saturated heterocycles. The fraction of sp³-hybridized carbons (Fsp3) is 0.933. The average Bonchev–Trinajstić information content (AvgIpc) is 2.57. The van der Waals surface area contributed by atoms with Gasteiger partial charge in [0.25, 0.3) is 0 Å². The number of alkyl carbamates (subject to hydrolysis) is 1. The Morgan fingerprint density at radius 1 is 1.30 bits per heavy atom. The standard InChI is InChI=1S/C15H27NO4/c1-13(2,3)20-12(18)16-14-5-4-6-15(8-7-14,9-10-17)19-11-14/h17H,4-11H2,1-3H3,(H,16,18). The first kappa shape index (κ1) is 15.6. The second kappa shape index (κ2) is 5.53. The number of nitrogens with one attached hydrogen (secondary N) is 1. The molecule has 3 fully saturated rings. The molecule has 0 aromatic heterocycles. The van der Waals surface area contributed by atoms with Crippen LogP contribution in [0.25, 0.3) is 0 Å². The number of carbonyl (C=O) groups excluding carboxylic acids is 1. The van der Waals surface area contributed by atoms with E-state index in [0.29, 0.717) is 13.0 Å². The number of carbonyl (C=O) groups is 1. The van der Waals surface area contributed by atoms with Gasteiger partial charge in [0.1, 0.15) is 5.60 Å². The van der Waals surface area contributed by atoms with Crippen molar-refractivity contribution in [3.63, 3.8) is 0 Å². The number of amides is 1. The van der Waals surface area contributed by atoms with E-state index in [1.54, 1.807) is 0 Å². The molecular weight excluding hydrogens is 258 g/mol. The van der Waals surface area contributed by atoms with Crippen LogP contribution in [0, 0.1) is 0 Å². The lowest BCUT2D eigenvalue weighted by Gasteiger charge is -2.43. The highest BCUT2D eigenvalue weighted by molar-refractivity contribution is 5.68. The monoisotopic (exact) mass is 285 g/mol. The van der Waals surface area contributed by atoms with Gasteiger partial charge in [0.05, 0.1) is 17.7 Å². The minimum absolute atomic E-state index is 0.159. The van der Waals surface area contributed by atoms with Crippen LogP contribution in [-0.4, -0.2) is 41.2 Å². The molecule has 1 amide bonds. The average molecular weight is 285 g/mol. The molecule has 0 aromatic rings. The van der Waals surface area contributed by atoms with Crippen LogP contribution in [0.15, 0.2) is 0 Å². The summed E-state index contributed by atoms with van der Waals surface area (Å²) in [7, 11) is 0. The summed E-state index contributed by atoms with van der Waals surface area (Å²) >= 11 is 0. The molecule has 1 saturated carbocycles. The summed E-state index contributed by atoms with van der Waals surface area (Å²) in [5.74, 6) is 0. The topological polar surface area (TPSA) is 67.8 Å². The Hall–Kier alpha value is -0.810. The van der Waals surface area contributed by atoms with E-state index in [4.69, 9.17) is 9.47 Å². The molecule has 2 heterocycles. The zero-order valence-corrected chi connectivity index (χ0v) is 12.8. The van der Waals surface area contributed by atoms with E-state index in [9.17, 15) is 9.90 Å². The van der Waals surface area contributed by atoms with E-state index < -0.39 is 5.60 Å². The van der Waals surface area contributed by atoms with E-state index in [-0.39, 0.29) is 23.8 Å². The Balaban J connectivity index is 1.98. The predicted octanol–water partition coefficient (Wildman–Crippen LogP) is 2.37. The highest BCUT2D eigenvalue weighted by Crippen LogP contribution is 2.43. The van der Waals surface area contributed by atoms with Crippen LogP contribution < -0.4 is 5.32 Å². The SMILES string of the molecule is CC(C)(C)OC(=O)NC12CCCC(CCO)(CC1)OC2. The third-order valence-electron chi connectivity index (χ3n) is 4.34. The second-order valence-corrected chi connectivity index (χ2v) is 7.21. The van der Waals surface area contributed by atoms with Crippen molar-refractivity contribution in [1.29, 1.82) is 0 Å².